The standard InChI is InChI=1S/C12H19F3N6O2/c1-3-16-11(17-5-4-12(13,14)15)18-6-9-7-21(20-19-9)8-10(22)23-2/h7H,3-6,8H2,1-2H3,(H2,16,17,18). The molecule has 1 rings (SSSR count). The maximum atomic E-state index is 12.1. The smallest absolute Gasteiger partial charge is 0.390 e. The van der Waals surface area contributed by atoms with Gasteiger partial charge in [0, 0.05) is 13.1 Å². The van der Waals surface area contributed by atoms with Crippen molar-refractivity contribution in [1.82, 2.24) is 25.6 Å². The third-order valence-electron chi connectivity index (χ3n) is 2.55. The molecule has 0 unspecified atom stereocenters. The number of ether oxygens (including phenoxy) is 1. The molecule has 0 spiro atoms. The second kappa shape index (κ2) is 8.96. The zero-order valence-corrected chi connectivity index (χ0v) is 12.9. The molecule has 23 heavy (non-hydrogen) atoms. The maximum absolute atomic E-state index is 12.1. The van der Waals surface area contributed by atoms with Gasteiger partial charge in [-0.2, -0.15) is 13.2 Å². The SMILES string of the molecule is CCNC(=NCc1cn(CC(=O)OC)nn1)NCCC(F)(F)F. The highest BCUT2D eigenvalue weighted by Gasteiger charge is 2.26. The summed E-state index contributed by atoms with van der Waals surface area (Å²) in [6.45, 7) is 2.07. The van der Waals surface area contributed by atoms with Crippen LogP contribution in [0.2, 0.25) is 0 Å². The van der Waals surface area contributed by atoms with E-state index in [0.29, 0.717) is 12.2 Å². The molecule has 0 aromatic carbocycles. The van der Waals surface area contributed by atoms with Crippen molar-refractivity contribution in [3.63, 3.8) is 0 Å². The van der Waals surface area contributed by atoms with Gasteiger partial charge in [-0.1, -0.05) is 5.21 Å². The van der Waals surface area contributed by atoms with Crippen molar-refractivity contribution in [3.8, 4) is 0 Å². The van der Waals surface area contributed by atoms with Crippen LogP contribution in [0.4, 0.5) is 13.2 Å². The number of carbonyl (C=O) groups excluding carboxylic acids is 1. The molecule has 1 aromatic heterocycles. The Hall–Kier alpha value is -2.33. The van der Waals surface area contributed by atoms with Gasteiger partial charge < -0.3 is 15.4 Å². The first-order valence-corrected chi connectivity index (χ1v) is 6.88. The van der Waals surface area contributed by atoms with Gasteiger partial charge in [-0.05, 0) is 6.92 Å². The Bertz CT molecular complexity index is 529. The van der Waals surface area contributed by atoms with Crippen LogP contribution in [-0.2, 0) is 22.6 Å². The van der Waals surface area contributed by atoms with Crippen LogP contribution in [-0.4, -0.2) is 53.3 Å². The van der Waals surface area contributed by atoms with E-state index in [1.807, 2.05) is 0 Å². The van der Waals surface area contributed by atoms with Crippen LogP contribution in [0.15, 0.2) is 11.2 Å². The molecular formula is C12H19F3N6O2. The summed E-state index contributed by atoms with van der Waals surface area (Å²) in [5.41, 5.74) is 0.474. The first-order valence-electron chi connectivity index (χ1n) is 6.88. The predicted octanol–water partition coefficient (Wildman–Crippen LogP) is 0.459. The summed E-state index contributed by atoms with van der Waals surface area (Å²) in [6, 6.07) is 0. The molecule has 0 atom stereocenters. The van der Waals surface area contributed by atoms with Gasteiger partial charge in [-0.3, -0.25) is 4.79 Å². The molecular weight excluding hydrogens is 317 g/mol. The highest BCUT2D eigenvalue weighted by atomic mass is 19.4. The van der Waals surface area contributed by atoms with Gasteiger partial charge in [0.15, 0.2) is 5.96 Å². The minimum absolute atomic E-state index is 0.0723. The lowest BCUT2D eigenvalue weighted by Gasteiger charge is -2.12. The van der Waals surface area contributed by atoms with Crippen molar-refractivity contribution in [1.29, 1.82) is 0 Å². The number of methoxy groups -OCH3 is 1. The van der Waals surface area contributed by atoms with Gasteiger partial charge in [-0.15, -0.1) is 5.10 Å². The molecule has 11 heteroatoms. The molecule has 0 aliphatic heterocycles. The Balaban J connectivity index is 2.54. The number of nitrogens with one attached hydrogen (secondary N) is 2. The molecule has 0 amide bonds. The number of aliphatic imine (C=N–C) groups is 1. The van der Waals surface area contributed by atoms with Crippen molar-refractivity contribution >= 4 is 11.9 Å². The number of alkyl halides is 3. The number of guanidine groups is 1. The molecule has 8 nitrogen and oxygen atoms in total. The van der Waals surface area contributed by atoms with E-state index in [2.05, 4.69) is 30.7 Å². The molecule has 2 N–H and O–H groups in total. The summed E-state index contributed by atoms with van der Waals surface area (Å²) in [7, 11) is 1.26. The zero-order chi connectivity index (χ0) is 17.3. The predicted molar refractivity (Wildman–Crippen MR) is 75.5 cm³/mol. The Kier molecular flexibility index (Phi) is 7.29. The summed E-state index contributed by atoms with van der Waals surface area (Å²) < 4.78 is 42.2. The summed E-state index contributed by atoms with van der Waals surface area (Å²) in [4.78, 5) is 15.2. The Morgan fingerprint density at radius 3 is 2.78 bits per heavy atom. The second-order valence-electron chi connectivity index (χ2n) is 4.47. The van der Waals surface area contributed by atoms with Crippen molar-refractivity contribution in [3.05, 3.63) is 11.9 Å². The van der Waals surface area contributed by atoms with Gasteiger partial charge >= 0.3 is 12.1 Å². The van der Waals surface area contributed by atoms with Gasteiger partial charge in [0.2, 0.25) is 0 Å². The number of hydrogen-bond donors (Lipinski definition) is 2. The Morgan fingerprint density at radius 1 is 1.43 bits per heavy atom. The summed E-state index contributed by atoms with van der Waals surface area (Å²) in [5, 5.41) is 13.0. The molecule has 0 fully saturated rings. The Labute approximate surface area is 131 Å². The average molecular weight is 336 g/mol. The van der Waals surface area contributed by atoms with Crippen LogP contribution >= 0.6 is 0 Å². The van der Waals surface area contributed by atoms with Gasteiger partial charge in [0.05, 0.1) is 26.3 Å². The van der Waals surface area contributed by atoms with Crippen molar-refractivity contribution in [2.75, 3.05) is 20.2 Å². The lowest BCUT2D eigenvalue weighted by atomic mass is 10.4. The lowest BCUT2D eigenvalue weighted by Crippen LogP contribution is -2.38. The quantitative estimate of drug-likeness (QED) is 0.427. The van der Waals surface area contributed by atoms with E-state index in [1.165, 1.54) is 18.0 Å². The summed E-state index contributed by atoms with van der Waals surface area (Å²) >= 11 is 0. The van der Waals surface area contributed by atoms with Crippen LogP contribution in [0, 0.1) is 0 Å². The van der Waals surface area contributed by atoms with Crippen molar-refractivity contribution < 1.29 is 22.7 Å². The van der Waals surface area contributed by atoms with E-state index in [0.717, 1.165) is 0 Å². The third kappa shape index (κ3) is 8.02. The van der Waals surface area contributed by atoms with Gasteiger partial charge in [0.1, 0.15) is 12.2 Å². The van der Waals surface area contributed by atoms with Crippen molar-refractivity contribution in [2.45, 2.75) is 32.6 Å². The monoisotopic (exact) mass is 336 g/mol. The van der Waals surface area contributed by atoms with Gasteiger partial charge in [0.25, 0.3) is 0 Å². The fraction of sp³-hybridized carbons (Fsp3) is 0.667. The molecule has 1 aromatic rings. The molecule has 0 aliphatic carbocycles. The molecule has 0 saturated carbocycles. The molecule has 0 bridgehead atoms. The molecule has 130 valence electrons. The van der Waals surface area contributed by atoms with E-state index >= 15 is 0 Å². The third-order valence-corrected chi connectivity index (χ3v) is 2.55. The largest absolute Gasteiger partial charge is 0.468 e. The number of halogens is 3. The fourth-order valence-electron chi connectivity index (χ4n) is 1.51. The number of nitrogens with zero attached hydrogens (tertiary/aromatic N) is 4. The Morgan fingerprint density at radius 2 is 2.17 bits per heavy atom. The number of hydrogen-bond acceptors (Lipinski definition) is 5. The van der Waals surface area contributed by atoms with E-state index in [-0.39, 0.29) is 25.6 Å². The van der Waals surface area contributed by atoms with E-state index < -0.39 is 18.6 Å². The fourth-order valence-corrected chi connectivity index (χ4v) is 1.51. The van der Waals surface area contributed by atoms with Crippen LogP contribution in [0.5, 0.6) is 0 Å². The minimum atomic E-state index is -4.22. The first-order chi connectivity index (χ1) is 10.8. The van der Waals surface area contributed by atoms with Crippen LogP contribution in [0.1, 0.15) is 19.0 Å². The molecule has 0 radical (unpaired) electrons. The number of aromatic nitrogens is 3. The zero-order valence-electron chi connectivity index (χ0n) is 12.9. The molecule has 0 aliphatic rings. The lowest BCUT2D eigenvalue weighted by molar-refractivity contribution is -0.141. The first kappa shape index (κ1) is 18.7. The van der Waals surface area contributed by atoms with Crippen LogP contribution in [0.25, 0.3) is 0 Å². The van der Waals surface area contributed by atoms with E-state index in [4.69, 9.17) is 0 Å². The van der Waals surface area contributed by atoms with E-state index in [1.54, 1.807) is 6.92 Å². The van der Waals surface area contributed by atoms with Crippen LogP contribution < -0.4 is 10.6 Å². The second-order valence-corrected chi connectivity index (χ2v) is 4.47. The van der Waals surface area contributed by atoms with Crippen molar-refractivity contribution in [2.24, 2.45) is 4.99 Å². The molecule has 0 saturated heterocycles. The normalized spacial score (nSPS) is 12.1. The average Bonchev–Trinajstić information content (AvgIpc) is 2.90. The van der Waals surface area contributed by atoms with Gasteiger partial charge in [-0.25, -0.2) is 9.67 Å². The van der Waals surface area contributed by atoms with E-state index in [9.17, 15) is 18.0 Å². The molecule has 1 heterocycles. The van der Waals surface area contributed by atoms with Crippen LogP contribution in [0.3, 0.4) is 0 Å². The maximum Gasteiger partial charge on any atom is 0.390 e. The number of rotatable bonds is 7. The highest BCUT2D eigenvalue weighted by Crippen LogP contribution is 2.18. The minimum Gasteiger partial charge on any atom is -0.468 e. The number of carbonyl (C=O) groups is 1. The summed E-state index contributed by atoms with van der Waals surface area (Å²) in [6.07, 6.45) is -3.66. The highest BCUT2D eigenvalue weighted by molar-refractivity contribution is 5.79. The topological polar surface area (TPSA) is 93.4 Å². The summed E-state index contributed by atoms with van der Waals surface area (Å²) in [5.74, 6) is -0.216. The number of esters is 1.